The van der Waals surface area contributed by atoms with Gasteiger partial charge in [-0.3, -0.25) is 4.90 Å². The molecule has 0 amide bonds. The van der Waals surface area contributed by atoms with Gasteiger partial charge in [-0.05, 0) is 48.6 Å². The molecule has 21 heavy (non-hydrogen) atoms. The predicted molar refractivity (Wildman–Crippen MR) is 89.9 cm³/mol. The number of nitrogens with one attached hydrogen (secondary N) is 1. The van der Waals surface area contributed by atoms with E-state index in [2.05, 4.69) is 56.8 Å². The number of rotatable bonds is 3. The van der Waals surface area contributed by atoms with Crippen molar-refractivity contribution in [2.24, 2.45) is 0 Å². The van der Waals surface area contributed by atoms with Gasteiger partial charge < -0.3 is 9.84 Å². The Hall–Kier alpha value is -0.990. The zero-order valence-corrected chi connectivity index (χ0v) is 14.4. The molecule has 0 saturated carbocycles. The molecule has 1 saturated heterocycles. The van der Waals surface area contributed by atoms with Crippen molar-refractivity contribution in [1.82, 2.24) is 20.4 Å². The number of halogens is 1. The van der Waals surface area contributed by atoms with Gasteiger partial charge in [-0.15, -0.1) is 0 Å². The van der Waals surface area contributed by atoms with Gasteiger partial charge in [0.05, 0.1) is 11.1 Å². The van der Waals surface area contributed by atoms with Crippen molar-refractivity contribution in [2.75, 3.05) is 26.2 Å². The second-order valence-corrected chi connectivity index (χ2v) is 6.86. The first-order valence-electron chi connectivity index (χ1n) is 7.14. The Labute approximate surface area is 138 Å². The molecule has 0 bridgehead atoms. The van der Waals surface area contributed by atoms with E-state index in [-0.39, 0.29) is 5.54 Å². The molecule has 0 aliphatic carbocycles. The van der Waals surface area contributed by atoms with Gasteiger partial charge >= 0.3 is 0 Å². The fourth-order valence-corrected chi connectivity index (χ4v) is 3.20. The Morgan fingerprint density at radius 3 is 2.67 bits per heavy atom. The summed E-state index contributed by atoms with van der Waals surface area (Å²) >= 11 is 2.29. The smallest absolute Gasteiger partial charge is 0.259 e. The van der Waals surface area contributed by atoms with E-state index in [1.165, 1.54) is 0 Å². The molecule has 1 fully saturated rings. The van der Waals surface area contributed by atoms with Crippen molar-refractivity contribution < 1.29 is 4.52 Å². The highest BCUT2D eigenvalue weighted by atomic mass is 127. The number of nitrogens with zero attached hydrogens (tertiary/aromatic N) is 3. The van der Waals surface area contributed by atoms with Crippen molar-refractivity contribution in [3.8, 4) is 11.5 Å². The quantitative estimate of drug-likeness (QED) is 0.806. The zero-order valence-electron chi connectivity index (χ0n) is 12.3. The highest BCUT2D eigenvalue weighted by molar-refractivity contribution is 14.1. The second-order valence-electron chi connectivity index (χ2n) is 5.70. The number of benzene rings is 1. The lowest BCUT2D eigenvalue weighted by atomic mass is 10.0. The molecule has 1 aliphatic heterocycles. The third-order valence-electron chi connectivity index (χ3n) is 3.99. The van der Waals surface area contributed by atoms with Crippen LogP contribution in [-0.2, 0) is 5.54 Å². The molecule has 1 aromatic carbocycles. The van der Waals surface area contributed by atoms with Crippen molar-refractivity contribution in [3.05, 3.63) is 33.7 Å². The van der Waals surface area contributed by atoms with E-state index in [9.17, 15) is 0 Å². The van der Waals surface area contributed by atoms with Crippen LogP contribution in [0.1, 0.15) is 19.7 Å². The van der Waals surface area contributed by atoms with E-state index < -0.39 is 0 Å². The Morgan fingerprint density at radius 1 is 1.24 bits per heavy atom. The van der Waals surface area contributed by atoms with Crippen LogP contribution in [0.3, 0.4) is 0 Å². The molecule has 3 rings (SSSR count). The Bertz CT molecular complexity index is 620. The molecule has 1 aromatic heterocycles. The normalized spacial score (nSPS) is 17.1. The maximum absolute atomic E-state index is 5.50. The van der Waals surface area contributed by atoms with Crippen LogP contribution in [0.5, 0.6) is 0 Å². The first kappa shape index (κ1) is 14.9. The maximum Gasteiger partial charge on any atom is 0.259 e. The molecule has 2 aromatic rings. The summed E-state index contributed by atoms with van der Waals surface area (Å²) in [5.41, 5.74) is 0.775. The third-order valence-corrected chi connectivity index (χ3v) is 4.93. The van der Waals surface area contributed by atoms with Gasteiger partial charge in [-0.25, -0.2) is 0 Å². The fraction of sp³-hybridized carbons (Fsp3) is 0.467. The van der Waals surface area contributed by atoms with Gasteiger partial charge in [0.2, 0.25) is 0 Å². The Morgan fingerprint density at radius 2 is 1.95 bits per heavy atom. The SMILES string of the molecule is CC(C)(c1noc(-c2ccccc2I)n1)N1CCNCC1. The van der Waals surface area contributed by atoms with E-state index >= 15 is 0 Å². The minimum Gasteiger partial charge on any atom is -0.334 e. The summed E-state index contributed by atoms with van der Waals surface area (Å²) in [4.78, 5) is 7.04. The maximum atomic E-state index is 5.50. The number of hydrogen-bond donors (Lipinski definition) is 1. The Balaban J connectivity index is 1.89. The van der Waals surface area contributed by atoms with Gasteiger partial charge in [0, 0.05) is 29.7 Å². The van der Waals surface area contributed by atoms with Crippen LogP contribution in [0, 0.1) is 3.57 Å². The molecule has 0 unspecified atom stereocenters. The first-order chi connectivity index (χ1) is 10.1. The predicted octanol–water partition coefficient (Wildman–Crippen LogP) is 2.48. The summed E-state index contributed by atoms with van der Waals surface area (Å²) in [7, 11) is 0. The molecule has 6 heteroatoms. The van der Waals surface area contributed by atoms with Gasteiger partial charge in [0.15, 0.2) is 5.82 Å². The first-order valence-corrected chi connectivity index (χ1v) is 8.22. The van der Waals surface area contributed by atoms with Gasteiger partial charge in [-0.1, -0.05) is 17.3 Å². The minimum atomic E-state index is -0.218. The Kier molecular flexibility index (Phi) is 4.28. The summed E-state index contributed by atoms with van der Waals surface area (Å²) in [6, 6.07) is 8.05. The lowest BCUT2D eigenvalue weighted by Gasteiger charge is -2.38. The van der Waals surface area contributed by atoms with Crippen LogP contribution in [-0.4, -0.2) is 41.2 Å². The van der Waals surface area contributed by atoms with Crippen molar-refractivity contribution >= 4 is 22.6 Å². The van der Waals surface area contributed by atoms with Crippen LogP contribution in [0.25, 0.3) is 11.5 Å². The average Bonchev–Trinajstić information content (AvgIpc) is 2.99. The molecule has 0 spiro atoms. The van der Waals surface area contributed by atoms with Crippen molar-refractivity contribution in [2.45, 2.75) is 19.4 Å². The monoisotopic (exact) mass is 398 g/mol. The summed E-state index contributed by atoms with van der Waals surface area (Å²) in [5, 5.41) is 7.60. The lowest BCUT2D eigenvalue weighted by Crippen LogP contribution is -2.52. The lowest BCUT2D eigenvalue weighted by molar-refractivity contribution is 0.0925. The van der Waals surface area contributed by atoms with E-state index in [0.29, 0.717) is 5.89 Å². The molecular weight excluding hydrogens is 379 g/mol. The van der Waals surface area contributed by atoms with Crippen molar-refractivity contribution in [3.63, 3.8) is 0 Å². The summed E-state index contributed by atoms with van der Waals surface area (Å²) in [5.74, 6) is 1.34. The van der Waals surface area contributed by atoms with E-state index in [1.54, 1.807) is 0 Å². The molecule has 1 N–H and O–H groups in total. The molecular formula is C15H19IN4O. The average molecular weight is 398 g/mol. The topological polar surface area (TPSA) is 54.2 Å². The van der Waals surface area contributed by atoms with E-state index in [1.807, 2.05) is 24.3 Å². The molecule has 0 atom stereocenters. The summed E-state index contributed by atoms with van der Waals surface area (Å²) in [6.45, 7) is 8.32. The van der Waals surface area contributed by atoms with Crippen LogP contribution in [0.2, 0.25) is 0 Å². The van der Waals surface area contributed by atoms with Gasteiger partial charge in [0.1, 0.15) is 0 Å². The zero-order chi connectivity index (χ0) is 14.9. The number of aromatic nitrogens is 2. The van der Waals surface area contributed by atoms with Gasteiger partial charge in [0.25, 0.3) is 5.89 Å². The van der Waals surface area contributed by atoms with Crippen LogP contribution in [0.4, 0.5) is 0 Å². The molecule has 2 heterocycles. The van der Waals surface area contributed by atoms with Crippen LogP contribution < -0.4 is 5.32 Å². The summed E-state index contributed by atoms with van der Waals surface area (Å²) in [6.07, 6.45) is 0. The highest BCUT2D eigenvalue weighted by Gasteiger charge is 2.34. The highest BCUT2D eigenvalue weighted by Crippen LogP contribution is 2.29. The van der Waals surface area contributed by atoms with Crippen LogP contribution >= 0.6 is 22.6 Å². The summed E-state index contributed by atoms with van der Waals surface area (Å²) < 4.78 is 6.62. The van der Waals surface area contributed by atoms with Gasteiger partial charge in [-0.2, -0.15) is 4.98 Å². The molecule has 0 radical (unpaired) electrons. The standard InChI is InChI=1S/C15H19IN4O/c1-15(2,20-9-7-17-8-10-20)14-18-13(21-19-14)11-5-3-4-6-12(11)16/h3-6,17H,7-10H2,1-2H3. The number of piperazine rings is 1. The third kappa shape index (κ3) is 2.97. The fourth-order valence-electron chi connectivity index (χ4n) is 2.58. The molecule has 112 valence electrons. The second kappa shape index (κ2) is 6.02. The minimum absolute atomic E-state index is 0.218. The molecule has 5 nitrogen and oxygen atoms in total. The van der Waals surface area contributed by atoms with Crippen LogP contribution in [0.15, 0.2) is 28.8 Å². The van der Waals surface area contributed by atoms with Crippen molar-refractivity contribution in [1.29, 1.82) is 0 Å². The van der Waals surface area contributed by atoms with E-state index in [0.717, 1.165) is 41.1 Å². The largest absolute Gasteiger partial charge is 0.334 e. The number of hydrogen-bond acceptors (Lipinski definition) is 5. The van der Waals surface area contributed by atoms with E-state index in [4.69, 9.17) is 4.52 Å². The molecule has 1 aliphatic rings.